The largest absolute Gasteiger partial charge is 0.318 e. The summed E-state index contributed by atoms with van der Waals surface area (Å²) in [6.07, 6.45) is 5.02. The van der Waals surface area contributed by atoms with E-state index in [-0.39, 0.29) is 18.3 Å². The maximum Gasteiger partial charge on any atom is 0.276 e. The van der Waals surface area contributed by atoms with Crippen molar-refractivity contribution >= 4 is 23.2 Å². The van der Waals surface area contributed by atoms with Crippen molar-refractivity contribution in [1.29, 1.82) is 0 Å². The van der Waals surface area contributed by atoms with Crippen molar-refractivity contribution in [3.63, 3.8) is 0 Å². The van der Waals surface area contributed by atoms with Crippen LogP contribution in [0.15, 0.2) is 79.3 Å². The Bertz CT molecular complexity index is 1390. The zero-order valence-electron chi connectivity index (χ0n) is 17.3. The van der Waals surface area contributed by atoms with E-state index in [9.17, 15) is 4.79 Å². The summed E-state index contributed by atoms with van der Waals surface area (Å²) in [6.45, 7) is 0.769. The van der Waals surface area contributed by atoms with E-state index in [2.05, 4.69) is 30.9 Å². The van der Waals surface area contributed by atoms with Gasteiger partial charge in [0.05, 0.1) is 18.4 Å². The second-order valence-corrected chi connectivity index (χ2v) is 7.68. The van der Waals surface area contributed by atoms with Crippen LogP contribution >= 0.6 is 11.6 Å². The third-order valence-corrected chi connectivity index (χ3v) is 4.99. The van der Waals surface area contributed by atoms with Gasteiger partial charge in [-0.1, -0.05) is 54.1 Å². The van der Waals surface area contributed by atoms with Crippen LogP contribution in [0.4, 0.5) is 5.69 Å². The number of halogens is 1. The number of hydrogen-bond donors (Lipinski definition) is 1. The molecule has 1 N–H and O–H groups in total. The molecular formula is C22H18ClN9O. The Hall–Kier alpha value is -4.31. The highest BCUT2D eigenvalue weighted by molar-refractivity contribution is 6.30. The molecule has 0 saturated heterocycles. The summed E-state index contributed by atoms with van der Waals surface area (Å²) in [5.74, 6) is 0.183. The lowest BCUT2D eigenvalue weighted by Crippen LogP contribution is -2.15. The van der Waals surface area contributed by atoms with Gasteiger partial charge in [0.25, 0.3) is 5.91 Å². The zero-order valence-corrected chi connectivity index (χ0v) is 18.0. The summed E-state index contributed by atoms with van der Waals surface area (Å²) in [4.78, 5) is 14.0. The molecule has 33 heavy (non-hydrogen) atoms. The van der Waals surface area contributed by atoms with E-state index in [0.29, 0.717) is 23.1 Å². The van der Waals surface area contributed by atoms with Crippen molar-refractivity contribution in [3.8, 4) is 11.4 Å². The molecule has 0 saturated carbocycles. The van der Waals surface area contributed by atoms with Crippen LogP contribution in [0.1, 0.15) is 16.1 Å². The minimum Gasteiger partial charge on any atom is -0.318 e. The number of benzene rings is 2. The molecule has 0 aliphatic heterocycles. The number of rotatable bonds is 7. The Morgan fingerprint density at radius 1 is 1.00 bits per heavy atom. The topological polar surface area (TPSA) is 108 Å². The second-order valence-electron chi connectivity index (χ2n) is 7.24. The SMILES string of the molecule is O=C(Nc1cnn(Cc2cccc(Cl)c2)c1)c1ccn(Cn2nnc(-c3ccccc3)n2)n1. The lowest BCUT2D eigenvalue weighted by Gasteiger charge is -2.02. The van der Waals surface area contributed by atoms with E-state index in [1.165, 1.54) is 4.80 Å². The standard InChI is InChI=1S/C22H18ClN9O/c23-18-8-4-5-16(11-18)13-31-14-19(12-24-31)25-22(33)20-9-10-30(27-20)15-32-28-21(26-29-32)17-6-2-1-3-7-17/h1-12,14H,13,15H2,(H,25,33). The zero-order chi connectivity index (χ0) is 22.6. The maximum absolute atomic E-state index is 12.6. The first-order valence-corrected chi connectivity index (χ1v) is 10.5. The molecule has 0 fully saturated rings. The fourth-order valence-corrected chi connectivity index (χ4v) is 3.44. The van der Waals surface area contributed by atoms with Gasteiger partial charge < -0.3 is 5.32 Å². The molecule has 0 aliphatic rings. The summed E-state index contributed by atoms with van der Waals surface area (Å²) in [5.41, 5.74) is 2.72. The molecular weight excluding hydrogens is 442 g/mol. The van der Waals surface area contributed by atoms with Crippen LogP contribution in [0.3, 0.4) is 0 Å². The van der Waals surface area contributed by atoms with Gasteiger partial charge in [-0.2, -0.15) is 10.2 Å². The Morgan fingerprint density at radius 2 is 1.88 bits per heavy atom. The number of anilines is 1. The molecule has 0 aliphatic carbocycles. The van der Waals surface area contributed by atoms with Crippen molar-refractivity contribution in [3.05, 3.63) is 95.5 Å². The fourth-order valence-electron chi connectivity index (χ4n) is 3.23. The van der Waals surface area contributed by atoms with Crippen LogP contribution in [0.25, 0.3) is 11.4 Å². The highest BCUT2D eigenvalue weighted by Crippen LogP contribution is 2.14. The summed E-state index contributed by atoms with van der Waals surface area (Å²) in [5, 5.41) is 24.5. The predicted octanol–water partition coefficient (Wildman–Crippen LogP) is 3.19. The minimum absolute atomic E-state index is 0.227. The fraction of sp³-hybridized carbons (Fsp3) is 0.0909. The van der Waals surface area contributed by atoms with Crippen molar-refractivity contribution in [1.82, 2.24) is 39.8 Å². The molecule has 3 heterocycles. The van der Waals surface area contributed by atoms with Crippen molar-refractivity contribution in [2.45, 2.75) is 13.2 Å². The Labute approximate surface area is 193 Å². The average molecular weight is 460 g/mol. The number of hydrogen-bond acceptors (Lipinski definition) is 6. The number of carbonyl (C=O) groups is 1. The van der Waals surface area contributed by atoms with E-state index >= 15 is 0 Å². The van der Waals surface area contributed by atoms with Gasteiger partial charge >= 0.3 is 0 Å². The second kappa shape index (κ2) is 9.05. The molecule has 5 rings (SSSR count). The molecule has 164 valence electrons. The molecule has 0 radical (unpaired) electrons. The summed E-state index contributed by atoms with van der Waals surface area (Å²) >= 11 is 6.03. The van der Waals surface area contributed by atoms with Gasteiger partial charge in [-0.25, -0.2) is 4.68 Å². The predicted molar refractivity (Wildman–Crippen MR) is 122 cm³/mol. The molecule has 0 unspecified atom stereocenters. The first kappa shape index (κ1) is 20.6. The highest BCUT2D eigenvalue weighted by Gasteiger charge is 2.12. The Morgan fingerprint density at radius 3 is 2.73 bits per heavy atom. The lowest BCUT2D eigenvalue weighted by atomic mass is 10.2. The van der Waals surface area contributed by atoms with E-state index in [4.69, 9.17) is 11.6 Å². The summed E-state index contributed by atoms with van der Waals surface area (Å²) < 4.78 is 3.29. The molecule has 5 aromatic rings. The van der Waals surface area contributed by atoms with E-state index in [0.717, 1.165) is 11.1 Å². The number of amides is 1. The normalized spacial score (nSPS) is 10.9. The Kier molecular flexibility index (Phi) is 5.64. The number of nitrogens with one attached hydrogen (secondary N) is 1. The number of carbonyl (C=O) groups excluding carboxylic acids is 1. The number of aromatic nitrogens is 8. The Balaban J connectivity index is 1.20. The van der Waals surface area contributed by atoms with E-state index < -0.39 is 0 Å². The third-order valence-electron chi connectivity index (χ3n) is 4.75. The van der Waals surface area contributed by atoms with Crippen LogP contribution < -0.4 is 5.32 Å². The van der Waals surface area contributed by atoms with Gasteiger partial charge in [-0.05, 0) is 29.0 Å². The number of nitrogens with zero attached hydrogens (tertiary/aromatic N) is 8. The maximum atomic E-state index is 12.6. The van der Waals surface area contributed by atoms with Crippen LogP contribution in [0.2, 0.25) is 5.02 Å². The molecule has 3 aromatic heterocycles. The van der Waals surface area contributed by atoms with Gasteiger partial charge in [-0.3, -0.25) is 9.48 Å². The summed E-state index contributed by atoms with van der Waals surface area (Å²) in [7, 11) is 0. The highest BCUT2D eigenvalue weighted by atomic mass is 35.5. The molecule has 2 aromatic carbocycles. The van der Waals surface area contributed by atoms with E-state index in [1.54, 1.807) is 34.0 Å². The smallest absolute Gasteiger partial charge is 0.276 e. The quantitative estimate of drug-likeness (QED) is 0.400. The van der Waals surface area contributed by atoms with Crippen molar-refractivity contribution in [2.24, 2.45) is 0 Å². The number of tetrazole rings is 1. The average Bonchev–Trinajstić information content (AvgIpc) is 3.57. The van der Waals surface area contributed by atoms with Gasteiger partial charge in [0.1, 0.15) is 0 Å². The van der Waals surface area contributed by atoms with Crippen LogP contribution in [0.5, 0.6) is 0 Å². The molecule has 10 nitrogen and oxygen atoms in total. The third kappa shape index (κ3) is 4.96. The first-order valence-electron chi connectivity index (χ1n) is 10.1. The van der Waals surface area contributed by atoms with Crippen LogP contribution in [0, 0.1) is 0 Å². The van der Waals surface area contributed by atoms with E-state index in [1.807, 2.05) is 54.6 Å². The molecule has 0 bridgehead atoms. The molecule has 0 spiro atoms. The minimum atomic E-state index is -0.340. The molecule has 11 heteroatoms. The van der Waals surface area contributed by atoms with Crippen LogP contribution in [-0.4, -0.2) is 45.7 Å². The van der Waals surface area contributed by atoms with Gasteiger partial charge in [0, 0.05) is 23.0 Å². The van der Waals surface area contributed by atoms with Crippen molar-refractivity contribution < 1.29 is 4.79 Å². The monoisotopic (exact) mass is 459 g/mol. The van der Waals surface area contributed by atoms with Gasteiger partial charge in [-0.15, -0.1) is 15.0 Å². The van der Waals surface area contributed by atoms with Crippen molar-refractivity contribution in [2.75, 3.05) is 5.32 Å². The van der Waals surface area contributed by atoms with Crippen LogP contribution in [-0.2, 0) is 13.2 Å². The van der Waals surface area contributed by atoms with Gasteiger partial charge in [0.2, 0.25) is 5.82 Å². The lowest BCUT2D eigenvalue weighted by molar-refractivity contribution is 0.102. The first-order chi connectivity index (χ1) is 16.1. The van der Waals surface area contributed by atoms with Gasteiger partial charge in [0.15, 0.2) is 12.4 Å². The molecule has 0 atom stereocenters. The molecule has 1 amide bonds. The summed E-state index contributed by atoms with van der Waals surface area (Å²) in [6, 6.07) is 18.7.